The van der Waals surface area contributed by atoms with Gasteiger partial charge < -0.3 is 19.9 Å². The van der Waals surface area contributed by atoms with E-state index < -0.39 is 6.43 Å². The third-order valence-corrected chi connectivity index (χ3v) is 7.87. The minimum absolute atomic E-state index is 0.0738. The molecule has 2 atom stereocenters. The predicted molar refractivity (Wildman–Crippen MR) is 149 cm³/mol. The van der Waals surface area contributed by atoms with Crippen LogP contribution in [0.3, 0.4) is 0 Å². The van der Waals surface area contributed by atoms with Crippen LogP contribution in [0.5, 0.6) is 11.5 Å². The Morgan fingerprint density at radius 2 is 1.79 bits per heavy atom. The molecule has 1 N–H and O–H groups in total. The summed E-state index contributed by atoms with van der Waals surface area (Å²) in [5.41, 5.74) is 1.87. The number of aromatic nitrogens is 2. The van der Waals surface area contributed by atoms with E-state index in [1.165, 1.54) is 12.1 Å². The van der Waals surface area contributed by atoms with Crippen molar-refractivity contribution in [3.8, 4) is 22.8 Å². The molecule has 3 aliphatic rings. The summed E-state index contributed by atoms with van der Waals surface area (Å²) in [6.45, 7) is 3.55. The monoisotopic (exact) mass is 575 g/mol. The number of benzene rings is 2. The van der Waals surface area contributed by atoms with Gasteiger partial charge in [0, 0.05) is 55.2 Å². The standard InChI is InChI=1S/C31H31F2N5O4/c1-18-12-28(39)37(15-18)16-21-3-2-20(31(41)34-22-14-29(40)38(17-22)23-6-7-23)13-27(21)42-24-8-4-19(5-9-24)25-10-11-26(30(32)33)36-35-25/h2-5,8-11,13,18,22-23,30H,6-7,12,14-17H2,1H3,(H,34,41). The highest BCUT2D eigenvalue weighted by Gasteiger charge is 2.39. The molecule has 1 saturated carbocycles. The second kappa shape index (κ2) is 11.5. The number of ether oxygens (including phenoxy) is 1. The number of likely N-dealkylation sites (tertiary alicyclic amines) is 2. The summed E-state index contributed by atoms with van der Waals surface area (Å²) < 4.78 is 31.9. The molecule has 3 aromatic rings. The Bertz CT molecular complexity index is 1490. The van der Waals surface area contributed by atoms with Gasteiger partial charge in [-0.2, -0.15) is 5.10 Å². The molecule has 0 radical (unpaired) electrons. The molecule has 1 aliphatic carbocycles. The fourth-order valence-corrected chi connectivity index (χ4v) is 5.52. The summed E-state index contributed by atoms with van der Waals surface area (Å²) >= 11 is 0. The molecule has 11 heteroatoms. The van der Waals surface area contributed by atoms with Gasteiger partial charge in [0.05, 0.1) is 11.7 Å². The van der Waals surface area contributed by atoms with E-state index in [4.69, 9.17) is 4.74 Å². The van der Waals surface area contributed by atoms with Gasteiger partial charge in [0.15, 0.2) is 0 Å². The first-order valence-electron chi connectivity index (χ1n) is 14.1. The van der Waals surface area contributed by atoms with Crippen molar-refractivity contribution in [2.75, 3.05) is 13.1 Å². The Balaban J connectivity index is 1.21. The SMILES string of the molecule is CC1CC(=O)N(Cc2ccc(C(=O)NC3CC(=O)N(C4CC4)C3)cc2Oc2ccc(-c3ccc(C(F)F)nn3)cc2)C1. The third kappa shape index (κ3) is 6.09. The van der Waals surface area contributed by atoms with Crippen LogP contribution in [0.2, 0.25) is 0 Å². The van der Waals surface area contributed by atoms with E-state index in [-0.39, 0.29) is 35.4 Å². The van der Waals surface area contributed by atoms with Crippen LogP contribution in [0.4, 0.5) is 8.78 Å². The van der Waals surface area contributed by atoms with Crippen molar-refractivity contribution in [2.24, 2.45) is 5.92 Å². The average Bonchev–Trinajstić information content (AvgIpc) is 3.68. The van der Waals surface area contributed by atoms with Gasteiger partial charge >= 0.3 is 0 Å². The van der Waals surface area contributed by atoms with Gasteiger partial charge in [0.1, 0.15) is 17.2 Å². The Labute approximate surface area is 241 Å². The predicted octanol–water partition coefficient (Wildman–Crippen LogP) is 4.74. The molecule has 218 valence electrons. The summed E-state index contributed by atoms with van der Waals surface area (Å²) in [5, 5.41) is 10.5. The van der Waals surface area contributed by atoms with E-state index in [0.29, 0.717) is 66.8 Å². The summed E-state index contributed by atoms with van der Waals surface area (Å²) in [6.07, 6.45) is 0.141. The van der Waals surface area contributed by atoms with Gasteiger partial charge in [-0.1, -0.05) is 13.0 Å². The average molecular weight is 576 g/mol. The van der Waals surface area contributed by atoms with Crippen molar-refractivity contribution in [2.45, 2.75) is 57.7 Å². The molecule has 3 fully saturated rings. The van der Waals surface area contributed by atoms with Crippen LogP contribution in [0, 0.1) is 5.92 Å². The van der Waals surface area contributed by atoms with Gasteiger partial charge in [0.2, 0.25) is 11.8 Å². The third-order valence-electron chi connectivity index (χ3n) is 7.87. The molecule has 2 aliphatic heterocycles. The van der Waals surface area contributed by atoms with Crippen LogP contribution < -0.4 is 10.1 Å². The van der Waals surface area contributed by atoms with Gasteiger partial charge in [-0.3, -0.25) is 14.4 Å². The lowest BCUT2D eigenvalue weighted by atomic mass is 10.1. The van der Waals surface area contributed by atoms with Crippen LogP contribution in [-0.2, 0) is 16.1 Å². The largest absolute Gasteiger partial charge is 0.457 e. The van der Waals surface area contributed by atoms with E-state index in [9.17, 15) is 23.2 Å². The number of hydrogen-bond acceptors (Lipinski definition) is 6. The van der Waals surface area contributed by atoms with Gasteiger partial charge in [-0.25, -0.2) is 8.78 Å². The molecule has 0 spiro atoms. The summed E-state index contributed by atoms with van der Waals surface area (Å²) in [4.78, 5) is 41.7. The van der Waals surface area contributed by atoms with Gasteiger partial charge in [-0.15, -0.1) is 5.10 Å². The molecule has 1 aromatic heterocycles. The van der Waals surface area contributed by atoms with Crippen LogP contribution in [-0.4, -0.2) is 62.9 Å². The van der Waals surface area contributed by atoms with Crippen molar-refractivity contribution < 1.29 is 27.9 Å². The van der Waals surface area contributed by atoms with Gasteiger partial charge in [0.25, 0.3) is 12.3 Å². The number of rotatable bonds is 9. The van der Waals surface area contributed by atoms with E-state index in [0.717, 1.165) is 18.4 Å². The number of carbonyl (C=O) groups excluding carboxylic acids is 3. The Hall–Kier alpha value is -4.41. The lowest BCUT2D eigenvalue weighted by Gasteiger charge is -2.20. The summed E-state index contributed by atoms with van der Waals surface area (Å²) in [5.74, 6) is 1.04. The minimum Gasteiger partial charge on any atom is -0.457 e. The molecule has 2 unspecified atom stereocenters. The fraction of sp³-hybridized carbons (Fsp3) is 0.387. The minimum atomic E-state index is -2.69. The number of hydrogen-bond donors (Lipinski definition) is 1. The molecule has 2 saturated heterocycles. The van der Waals surface area contributed by atoms with E-state index in [1.54, 1.807) is 47.4 Å². The normalized spacial score (nSPS) is 20.5. The zero-order valence-electron chi connectivity index (χ0n) is 23.1. The Morgan fingerprint density at radius 3 is 2.43 bits per heavy atom. The number of carbonyl (C=O) groups is 3. The van der Waals surface area contributed by atoms with Crippen LogP contribution >= 0.6 is 0 Å². The van der Waals surface area contributed by atoms with Crippen molar-refractivity contribution in [3.63, 3.8) is 0 Å². The smallest absolute Gasteiger partial charge is 0.282 e. The molecular weight excluding hydrogens is 544 g/mol. The van der Waals surface area contributed by atoms with Gasteiger partial charge in [-0.05, 0) is 67.3 Å². The molecule has 6 rings (SSSR count). The maximum atomic E-state index is 13.2. The lowest BCUT2D eigenvalue weighted by Crippen LogP contribution is -2.37. The molecule has 3 heterocycles. The second-order valence-electron chi connectivity index (χ2n) is 11.3. The van der Waals surface area contributed by atoms with E-state index in [1.807, 2.05) is 11.8 Å². The van der Waals surface area contributed by atoms with Crippen molar-refractivity contribution >= 4 is 17.7 Å². The quantitative estimate of drug-likeness (QED) is 0.396. The second-order valence-corrected chi connectivity index (χ2v) is 11.3. The van der Waals surface area contributed by atoms with E-state index in [2.05, 4.69) is 15.5 Å². The number of amides is 3. The van der Waals surface area contributed by atoms with E-state index >= 15 is 0 Å². The number of alkyl halides is 2. The number of halogens is 2. The molecule has 0 bridgehead atoms. The Kier molecular flexibility index (Phi) is 7.57. The zero-order chi connectivity index (χ0) is 29.4. The van der Waals surface area contributed by atoms with Crippen LogP contribution in [0.15, 0.2) is 54.6 Å². The maximum Gasteiger partial charge on any atom is 0.282 e. The maximum absolute atomic E-state index is 13.2. The molecular formula is C31H31F2N5O4. The van der Waals surface area contributed by atoms with Crippen molar-refractivity contribution in [1.29, 1.82) is 0 Å². The first kappa shape index (κ1) is 27.7. The lowest BCUT2D eigenvalue weighted by molar-refractivity contribution is -0.129. The molecule has 2 aromatic carbocycles. The molecule has 42 heavy (non-hydrogen) atoms. The van der Waals surface area contributed by atoms with Crippen molar-refractivity contribution in [1.82, 2.24) is 25.3 Å². The highest BCUT2D eigenvalue weighted by molar-refractivity contribution is 5.95. The van der Waals surface area contributed by atoms with Crippen molar-refractivity contribution in [3.05, 3.63) is 71.4 Å². The number of nitrogens with one attached hydrogen (secondary N) is 1. The molecule has 9 nitrogen and oxygen atoms in total. The summed E-state index contributed by atoms with van der Waals surface area (Å²) in [7, 11) is 0. The first-order chi connectivity index (χ1) is 20.2. The topological polar surface area (TPSA) is 105 Å². The summed E-state index contributed by atoms with van der Waals surface area (Å²) in [6, 6.07) is 14.9. The van der Waals surface area contributed by atoms with Crippen LogP contribution in [0.25, 0.3) is 11.3 Å². The highest BCUT2D eigenvalue weighted by atomic mass is 19.3. The van der Waals surface area contributed by atoms with Crippen LogP contribution in [0.1, 0.15) is 60.6 Å². The number of nitrogens with zero attached hydrogens (tertiary/aromatic N) is 4. The fourth-order valence-electron chi connectivity index (χ4n) is 5.52. The first-order valence-corrected chi connectivity index (χ1v) is 14.1. The highest BCUT2D eigenvalue weighted by Crippen LogP contribution is 2.33. The zero-order valence-corrected chi connectivity index (χ0v) is 23.1. The molecule has 3 amide bonds. The Morgan fingerprint density at radius 1 is 1.00 bits per heavy atom.